The van der Waals surface area contributed by atoms with E-state index in [0.29, 0.717) is 30.0 Å². The van der Waals surface area contributed by atoms with Gasteiger partial charge in [-0.05, 0) is 85.6 Å². The molecular formula is C20H22IN3O. The van der Waals surface area contributed by atoms with Gasteiger partial charge in [-0.1, -0.05) is 0 Å². The second-order valence-electron chi connectivity index (χ2n) is 7.85. The number of hydrogen-bond acceptors (Lipinski definition) is 3. The lowest BCUT2D eigenvalue weighted by atomic mass is 9.73. The average molecular weight is 447 g/mol. The standard InChI is InChI=1S/C20H22IN3O/c1-23-9-8-13-10-17(25)18-19(12-2-3-12)22-24(20(18)16(13)11-23)15-6-4-14(21)5-7-15/h4-7,12-13,16H,2-3,8-11H2,1H3. The highest BCUT2D eigenvalue weighted by Gasteiger charge is 2.44. The molecule has 3 aliphatic rings. The average Bonchev–Trinajstić information content (AvgIpc) is 3.36. The minimum Gasteiger partial charge on any atom is -0.306 e. The van der Waals surface area contributed by atoms with Gasteiger partial charge in [0.25, 0.3) is 0 Å². The molecule has 1 aromatic carbocycles. The van der Waals surface area contributed by atoms with E-state index < -0.39 is 0 Å². The van der Waals surface area contributed by atoms with E-state index in [1.807, 2.05) is 0 Å². The van der Waals surface area contributed by atoms with Gasteiger partial charge in [0, 0.05) is 28.4 Å². The van der Waals surface area contributed by atoms with Gasteiger partial charge in [0.05, 0.1) is 22.6 Å². The first-order chi connectivity index (χ1) is 12.1. The van der Waals surface area contributed by atoms with Gasteiger partial charge in [0.2, 0.25) is 0 Å². The third kappa shape index (κ3) is 2.67. The summed E-state index contributed by atoms with van der Waals surface area (Å²) >= 11 is 2.33. The van der Waals surface area contributed by atoms with Gasteiger partial charge >= 0.3 is 0 Å². The molecule has 1 aliphatic heterocycles. The number of carbonyl (C=O) groups is 1. The van der Waals surface area contributed by atoms with E-state index in [-0.39, 0.29) is 0 Å². The molecule has 5 heteroatoms. The number of likely N-dealkylation sites (tertiary alicyclic amines) is 1. The molecule has 2 unspecified atom stereocenters. The molecule has 1 aromatic heterocycles. The minimum atomic E-state index is 0.333. The van der Waals surface area contributed by atoms with Crippen LogP contribution in [-0.2, 0) is 0 Å². The fraction of sp³-hybridized carbons (Fsp3) is 0.500. The number of nitrogens with zero attached hydrogens (tertiary/aromatic N) is 3. The predicted molar refractivity (Wildman–Crippen MR) is 106 cm³/mol. The van der Waals surface area contributed by atoms with E-state index in [4.69, 9.17) is 5.10 Å². The smallest absolute Gasteiger partial charge is 0.166 e. The summed E-state index contributed by atoms with van der Waals surface area (Å²) in [5.41, 5.74) is 4.32. The molecule has 130 valence electrons. The maximum Gasteiger partial charge on any atom is 0.166 e. The number of carbonyl (C=O) groups excluding carboxylic acids is 1. The largest absolute Gasteiger partial charge is 0.306 e. The predicted octanol–water partition coefficient (Wildman–Crippen LogP) is 3.98. The maximum absolute atomic E-state index is 13.0. The van der Waals surface area contributed by atoms with Crippen LogP contribution in [0.2, 0.25) is 0 Å². The fourth-order valence-electron chi connectivity index (χ4n) is 4.56. The SMILES string of the molecule is CN1CCC2CC(=O)c3c(C4CC4)nn(-c4ccc(I)cc4)c3C2C1. The summed E-state index contributed by atoms with van der Waals surface area (Å²) in [6.45, 7) is 2.13. The summed E-state index contributed by atoms with van der Waals surface area (Å²) in [4.78, 5) is 15.4. The fourth-order valence-corrected chi connectivity index (χ4v) is 4.92. The Kier molecular flexibility index (Phi) is 3.78. The number of ketones is 1. The summed E-state index contributed by atoms with van der Waals surface area (Å²) < 4.78 is 3.32. The van der Waals surface area contributed by atoms with Crippen LogP contribution in [0.3, 0.4) is 0 Å². The lowest BCUT2D eigenvalue weighted by molar-refractivity contribution is 0.0882. The van der Waals surface area contributed by atoms with E-state index in [0.717, 1.165) is 36.5 Å². The summed E-state index contributed by atoms with van der Waals surface area (Å²) in [5.74, 6) is 1.73. The van der Waals surface area contributed by atoms with Crippen LogP contribution in [0.5, 0.6) is 0 Å². The zero-order valence-corrected chi connectivity index (χ0v) is 16.6. The van der Waals surface area contributed by atoms with E-state index >= 15 is 0 Å². The van der Waals surface area contributed by atoms with Gasteiger partial charge in [0.15, 0.2) is 5.78 Å². The van der Waals surface area contributed by atoms with Crippen LogP contribution in [0.15, 0.2) is 24.3 Å². The van der Waals surface area contributed by atoms with Crippen molar-refractivity contribution in [3.8, 4) is 5.69 Å². The first-order valence-electron chi connectivity index (χ1n) is 9.22. The molecule has 0 amide bonds. The van der Waals surface area contributed by atoms with E-state index in [1.165, 1.54) is 22.1 Å². The zero-order valence-electron chi connectivity index (χ0n) is 14.4. The molecule has 2 aliphatic carbocycles. The Morgan fingerprint density at radius 2 is 1.92 bits per heavy atom. The molecule has 1 saturated heterocycles. The molecule has 0 bridgehead atoms. The Hall–Kier alpha value is -1.21. The van der Waals surface area contributed by atoms with Crippen LogP contribution in [-0.4, -0.2) is 40.6 Å². The molecule has 2 fully saturated rings. The molecule has 2 aromatic rings. The first kappa shape index (κ1) is 16.0. The van der Waals surface area contributed by atoms with Crippen LogP contribution in [0.1, 0.15) is 59.3 Å². The molecule has 0 radical (unpaired) electrons. The lowest BCUT2D eigenvalue weighted by Crippen LogP contribution is -2.41. The van der Waals surface area contributed by atoms with Crippen LogP contribution < -0.4 is 0 Å². The highest BCUT2D eigenvalue weighted by Crippen LogP contribution is 2.48. The Labute approximate surface area is 161 Å². The lowest BCUT2D eigenvalue weighted by Gasteiger charge is -2.39. The quantitative estimate of drug-likeness (QED) is 0.654. The highest BCUT2D eigenvalue weighted by molar-refractivity contribution is 14.1. The molecule has 1 saturated carbocycles. The van der Waals surface area contributed by atoms with Crippen LogP contribution in [0.25, 0.3) is 5.69 Å². The van der Waals surface area contributed by atoms with Crippen molar-refractivity contribution in [2.75, 3.05) is 20.1 Å². The molecule has 4 nitrogen and oxygen atoms in total. The van der Waals surface area contributed by atoms with Crippen LogP contribution in [0, 0.1) is 9.49 Å². The van der Waals surface area contributed by atoms with Crippen molar-refractivity contribution in [3.05, 3.63) is 44.8 Å². The minimum absolute atomic E-state index is 0.333. The number of aromatic nitrogens is 2. The summed E-state index contributed by atoms with van der Waals surface area (Å²) in [6, 6.07) is 8.50. The first-order valence-corrected chi connectivity index (χ1v) is 10.3. The number of fused-ring (bicyclic) bond motifs is 3. The second kappa shape index (κ2) is 5.91. The van der Waals surface area contributed by atoms with E-state index in [2.05, 4.69) is 63.5 Å². The van der Waals surface area contributed by atoms with Crippen molar-refractivity contribution in [1.29, 1.82) is 0 Å². The van der Waals surface area contributed by atoms with Crippen molar-refractivity contribution in [2.45, 2.75) is 37.5 Å². The number of Topliss-reactive ketones (excluding diaryl/α,β-unsaturated/α-hetero) is 1. The van der Waals surface area contributed by atoms with Crippen molar-refractivity contribution in [1.82, 2.24) is 14.7 Å². The zero-order chi connectivity index (χ0) is 17.1. The Balaban J connectivity index is 1.70. The number of benzene rings is 1. The molecule has 2 heterocycles. The third-order valence-electron chi connectivity index (χ3n) is 6.02. The van der Waals surface area contributed by atoms with Crippen molar-refractivity contribution in [3.63, 3.8) is 0 Å². The second-order valence-corrected chi connectivity index (χ2v) is 9.10. The monoisotopic (exact) mass is 447 g/mol. The highest BCUT2D eigenvalue weighted by atomic mass is 127. The molecule has 0 N–H and O–H groups in total. The molecule has 5 rings (SSSR count). The number of halogens is 1. The molecular weight excluding hydrogens is 425 g/mol. The Bertz CT molecular complexity index is 837. The van der Waals surface area contributed by atoms with E-state index in [9.17, 15) is 4.79 Å². The van der Waals surface area contributed by atoms with Crippen LogP contribution >= 0.6 is 22.6 Å². The van der Waals surface area contributed by atoms with Gasteiger partial charge in [0.1, 0.15) is 0 Å². The Morgan fingerprint density at radius 1 is 1.16 bits per heavy atom. The van der Waals surface area contributed by atoms with Gasteiger partial charge < -0.3 is 4.90 Å². The molecule has 25 heavy (non-hydrogen) atoms. The number of hydrogen-bond donors (Lipinski definition) is 0. The molecule has 2 atom stereocenters. The number of likely N-dealkylation sites (N-methyl/N-ethyl adjacent to an activating group) is 1. The Morgan fingerprint density at radius 3 is 2.64 bits per heavy atom. The van der Waals surface area contributed by atoms with Crippen molar-refractivity contribution < 1.29 is 4.79 Å². The van der Waals surface area contributed by atoms with Gasteiger partial charge in [-0.2, -0.15) is 5.10 Å². The third-order valence-corrected chi connectivity index (χ3v) is 6.74. The summed E-state index contributed by atoms with van der Waals surface area (Å²) in [7, 11) is 2.19. The number of piperidine rings is 1. The van der Waals surface area contributed by atoms with Gasteiger partial charge in [-0.15, -0.1) is 0 Å². The normalized spacial score (nSPS) is 26.4. The van der Waals surface area contributed by atoms with Crippen molar-refractivity contribution >= 4 is 28.4 Å². The van der Waals surface area contributed by atoms with Crippen LogP contribution in [0.4, 0.5) is 0 Å². The topological polar surface area (TPSA) is 38.1 Å². The van der Waals surface area contributed by atoms with Gasteiger partial charge in [-0.25, -0.2) is 4.68 Å². The molecule has 0 spiro atoms. The maximum atomic E-state index is 13.0. The van der Waals surface area contributed by atoms with E-state index in [1.54, 1.807) is 0 Å². The number of rotatable bonds is 2. The summed E-state index contributed by atoms with van der Waals surface area (Å²) in [5, 5.41) is 5.00. The van der Waals surface area contributed by atoms with Gasteiger partial charge in [-0.3, -0.25) is 4.79 Å². The van der Waals surface area contributed by atoms with Crippen molar-refractivity contribution in [2.24, 2.45) is 5.92 Å². The summed E-state index contributed by atoms with van der Waals surface area (Å²) in [6.07, 6.45) is 4.18.